The first-order chi connectivity index (χ1) is 10.8. The number of hydrogen-bond acceptors (Lipinski definition) is 3. The summed E-state index contributed by atoms with van der Waals surface area (Å²) in [7, 11) is 2.00. The molecule has 4 rings (SSSR count). The Hall–Kier alpha value is -2.08. The van der Waals surface area contributed by atoms with Crippen molar-refractivity contribution < 1.29 is 9.53 Å². The smallest absolute Gasteiger partial charge is 0.275 e. The molecule has 0 spiro atoms. The second-order valence-corrected chi connectivity index (χ2v) is 6.02. The van der Waals surface area contributed by atoms with Gasteiger partial charge in [-0.2, -0.15) is 5.10 Å². The average molecular weight is 300 g/mol. The number of rotatable bonds is 2. The Labute approximate surface area is 129 Å². The number of H-pyrrole nitrogens is 1. The van der Waals surface area contributed by atoms with Crippen LogP contribution in [0.4, 0.5) is 0 Å². The summed E-state index contributed by atoms with van der Waals surface area (Å²) in [6, 6.07) is 4.00. The molecule has 0 aromatic carbocycles. The lowest BCUT2D eigenvalue weighted by atomic mass is 10.1. The number of aromatic amines is 1. The summed E-state index contributed by atoms with van der Waals surface area (Å²) in [6.07, 6.45) is 5.05. The van der Waals surface area contributed by atoms with Gasteiger partial charge in [-0.15, -0.1) is 0 Å². The van der Waals surface area contributed by atoms with Gasteiger partial charge in [0.2, 0.25) is 0 Å². The first kappa shape index (κ1) is 13.6. The molecule has 1 N–H and O–H groups in total. The molecular weight excluding hydrogens is 280 g/mol. The summed E-state index contributed by atoms with van der Waals surface area (Å²) in [4.78, 5) is 14.9. The van der Waals surface area contributed by atoms with Crippen molar-refractivity contribution in [2.75, 3.05) is 19.8 Å². The van der Waals surface area contributed by atoms with E-state index in [1.807, 2.05) is 24.2 Å². The van der Waals surface area contributed by atoms with E-state index in [0.29, 0.717) is 25.5 Å². The number of morpholine rings is 1. The molecule has 2 aromatic heterocycles. The summed E-state index contributed by atoms with van der Waals surface area (Å²) >= 11 is 0. The van der Waals surface area contributed by atoms with Crippen LogP contribution < -0.4 is 0 Å². The van der Waals surface area contributed by atoms with Gasteiger partial charge < -0.3 is 14.2 Å². The fraction of sp³-hybridized carbons (Fsp3) is 0.500. The molecular formula is C16H20N4O2. The quantitative estimate of drug-likeness (QED) is 0.913. The van der Waals surface area contributed by atoms with Gasteiger partial charge >= 0.3 is 0 Å². The number of ether oxygens (including phenoxy) is 1. The SMILES string of the molecule is Cn1cccc1[C@H]1COCCN1C(=O)c1n[nH]c2c1CCC2. The molecule has 0 saturated carbocycles. The number of fused-ring (bicyclic) bond motifs is 1. The number of amides is 1. The van der Waals surface area contributed by atoms with Crippen molar-refractivity contribution in [1.82, 2.24) is 19.7 Å². The van der Waals surface area contributed by atoms with Crippen molar-refractivity contribution in [3.8, 4) is 0 Å². The van der Waals surface area contributed by atoms with Crippen LogP contribution in [0.15, 0.2) is 18.3 Å². The van der Waals surface area contributed by atoms with Gasteiger partial charge in [0.25, 0.3) is 5.91 Å². The van der Waals surface area contributed by atoms with Crippen LogP contribution in [-0.4, -0.2) is 45.3 Å². The fourth-order valence-corrected chi connectivity index (χ4v) is 3.54. The van der Waals surface area contributed by atoms with Crippen LogP contribution in [-0.2, 0) is 24.6 Å². The highest BCUT2D eigenvalue weighted by atomic mass is 16.5. The van der Waals surface area contributed by atoms with Crippen LogP contribution in [0, 0.1) is 0 Å². The molecule has 1 amide bonds. The highest BCUT2D eigenvalue weighted by Gasteiger charge is 2.34. The standard InChI is InChI=1S/C16H20N4O2/c1-19-7-3-6-13(19)14-10-22-9-8-20(14)16(21)15-11-4-2-5-12(11)17-18-15/h3,6-7,14H,2,4-5,8-10H2,1H3,(H,17,18)/t14-/m1/s1. The third-order valence-electron chi connectivity index (χ3n) is 4.72. The van der Waals surface area contributed by atoms with Crippen molar-refractivity contribution >= 4 is 5.91 Å². The molecule has 6 heteroatoms. The topological polar surface area (TPSA) is 63.1 Å². The maximum atomic E-state index is 13.0. The minimum atomic E-state index is -0.0463. The van der Waals surface area contributed by atoms with E-state index in [-0.39, 0.29) is 11.9 Å². The molecule has 6 nitrogen and oxygen atoms in total. The number of aryl methyl sites for hydroxylation is 2. The Bertz CT molecular complexity index is 703. The van der Waals surface area contributed by atoms with E-state index >= 15 is 0 Å². The van der Waals surface area contributed by atoms with E-state index in [9.17, 15) is 4.79 Å². The zero-order valence-electron chi connectivity index (χ0n) is 12.7. The Kier molecular flexibility index (Phi) is 3.26. The van der Waals surface area contributed by atoms with Gasteiger partial charge in [-0.05, 0) is 31.4 Å². The van der Waals surface area contributed by atoms with E-state index in [1.54, 1.807) is 0 Å². The van der Waals surface area contributed by atoms with Crippen LogP contribution in [0.5, 0.6) is 0 Å². The third kappa shape index (κ3) is 2.06. The fourth-order valence-electron chi connectivity index (χ4n) is 3.54. The summed E-state index contributed by atoms with van der Waals surface area (Å²) in [5.41, 5.74) is 3.95. The maximum absolute atomic E-state index is 13.0. The van der Waals surface area contributed by atoms with Gasteiger partial charge in [0.05, 0.1) is 19.3 Å². The van der Waals surface area contributed by atoms with Crippen molar-refractivity contribution in [3.05, 3.63) is 41.0 Å². The number of hydrogen-bond donors (Lipinski definition) is 1. The van der Waals surface area contributed by atoms with E-state index < -0.39 is 0 Å². The zero-order chi connectivity index (χ0) is 15.1. The van der Waals surface area contributed by atoms with Crippen molar-refractivity contribution in [3.63, 3.8) is 0 Å². The highest BCUT2D eigenvalue weighted by molar-refractivity contribution is 5.94. The zero-order valence-corrected chi connectivity index (χ0v) is 12.7. The second-order valence-electron chi connectivity index (χ2n) is 6.02. The minimum Gasteiger partial charge on any atom is -0.377 e. The first-order valence-electron chi connectivity index (χ1n) is 7.82. The lowest BCUT2D eigenvalue weighted by Crippen LogP contribution is -2.44. The van der Waals surface area contributed by atoms with Crippen molar-refractivity contribution in [1.29, 1.82) is 0 Å². The van der Waals surface area contributed by atoms with Crippen LogP contribution >= 0.6 is 0 Å². The van der Waals surface area contributed by atoms with Crippen LogP contribution in [0.2, 0.25) is 0 Å². The summed E-state index contributed by atoms with van der Waals surface area (Å²) < 4.78 is 7.67. The number of nitrogens with zero attached hydrogens (tertiary/aromatic N) is 3. The molecule has 2 aromatic rings. The number of aromatic nitrogens is 3. The molecule has 1 saturated heterocycles. The van der Waals surface area contributed by atoms with Crippen LogP contribution in [0.1, 0.15) is 39.9 Å². The van der Waals surface area contributed by atoms with Gasteiger partial charge in [-0.25, -0.2) is 0 Å². The van der Waals surface area contributed by atoms with Crippen LogP contribution in [0.25, 0.3) is 0 Å². The van der Waals surface area contributed by atoms with E-state index in [1.165, 1.54) is 0 Å². The highest BCUT2D eigenvalue weighted by Crippen LogP contribution is 2.29. The molecule has 22 heavy (non-hydrogen) atoms. The van der Waals surface area contributed by atoms with Crippen molar-refractivity contribution in [2.24, 2.45) is 7.05 Å². The first-order valence-corrected chi connectivity index (χ1v) is 7.82. The Balaban J connectivity index is 1.66. The largest absolute Gasteiger partial charge is 0.377 e. The molecule has 0 bridgehead atoms. The second kappa shape index (κ2) is 5.28. The molecule has 0 radical (unpaired) electrons. The van der Waals surface area contributed by atoms with Gasteiger partial charge in [0.15, 0.2) is 5.69 Å². The van der Waals surface area contributed by atoms with Gasteiger partial charge in [0.1, 0.15) is 0 Å². The molecule has 1 fully saturated rings. The van der Waals surface area contributed by atoms with Crippen LogP contribution in [0.3, 0.4) is 0 Å². The van der Waals surface area contributed by atoms with Gasteiger partial charge in [-0.3, -0.25) is 9.89 Å². The third-order valence-corrected chi connectivity index (χ3v) is 4.72. The monoisotopic (exact) mass is 300 g/mol. The summed E-state index contributed by atoms with van der Waals surface area (Å²) in [6.45, 7) is 1.73. The number of carbonyl (C=O) groups excluding carboxylic acids is 1. The average Bonchev–Trinajstić information content (AvgIpc) is 3.22. The molecule has 1 atom stereocenters. The van der Waals surface area contributed by atoms with Gasteiger partial charge in [-0.1, -0.05) is 0 Å². The Morgan fingerprint density at radius 1 is 1.45 bits per heavy atom. The van der Waals surface area contributed by atoms with E-state index in [2.05, 4.69) is 20.8 Å². The van der Waals surface area contributed by atoms with Crippen molar-refractivity contribution in [2.45, 2.75) is 25.3 Å². The summed E-state index contributed by atoms with van der Waals surface area (Å²) in [5.74, 6) is 0.0221. The van der Waals surface area contributed by atoms with Gasteiger partial charge in [0, 0.05) is 36.7 Å². The Morgan fingerprint density at radius 2 is 2.36 bits per heavy atom. The number of carbonyl (C=O) groups is 1. The minimum absolute atomic E-state index is 0.0221. The lowest BCUT2D eigenvalue weighted by molar-refractivity contribution is -0.00499. The lowest BCUT2D eigenvalue weighted by Gasteiger charge is -2.35. The normalized spacial score (nSPS) is 21.1. The molecule has 1 aliphatic carbocycles. The van der Waals surface area contributed by atoms with E-state index in [0.717, 1.165) is 36.2 Å². The number of nitrogens with one attached hydrogen (secondary N) is 1. The molecule has 1 aliphatic heterocycles. The Morgan fingerprint density at radius 3 is 3.18 bits per heavy atom. The predicted molar refractivity (Wildman–Crippen MR) is 80.6 cm³/mol. The molecule has 116 valence electrons. The maximum Gasteiger partial charge on any atom is 0.275 e. The molecule has 2 aliphatic rings. The predicted octanol–water partition coefficient (Wildman–Crippen LogP) is 1.45. The van der Waals surface area contributed by atoms with E-state index in [4.69, 9.17) is 4.74 Å². The molecule has 3 heterocycles. The molecule has 0 unspecified atom stereocenters. The summed E-state index contributed by atoms with van der Waals surface area (Å²) in [5, 5.41) is 7.32.